The zero-order valence-electron chi connectivity index (χ0n) is 12.2. The van der Waals surface area contributed by atoms with Gasteiger partial charge >= 0.3 is 0 Å². The van der Waals surface area contributed by atoms with E-state index in [0.29, 0.717) is 5.56 Å². The third-order valence-electron chi connectivity index (χ3n) is 3.70. The van der Waals surface area contributed by atoms with Gasteiger partial charge in [-0.05, 0) is 30.5 Å². The number of hydrogen-bond acceptors (Lipinski definition) is 3. The molecule has 0 saturated heterocycles. The van der Waals surface area contributed by atoms with Crippen molar-refractivity contribution in [1.82, 2.24) is 9.97 Å². The molecule has 4 N–H and O–H groups in total. The lowest BCUT2D eigenvalue weighted by atomic mass is 10.1. The predicted molar refractivity (Wildman–Crippen MR) is 87.9 cm³/mol. The van der Waals surface area contributed by atoms with E-state index >= 15 is 0 Å². The maximum absolute atomic E-state index is 11.3. The van der Waals surface area contributed by atoms with Crippen molar-refractivity contribution in [1.29, 1.82) is 0 Å². The van der Waals surface area contributed by atoms with Gasteiger partial charge in [-0.3, -0.25) is 9.78 Å². The summed E-state index contributed by atoms with van der Waals surface area (Å²) in [6, 6.07) is 10.1. The standard InChI is InChI=1S/C17H18N4O/c18-17(22)14-11-19-9-7-16(14)20-8-3-4-12-10-21-15-6-2-1-5-13(12)15/h1-2,5-7,9-11,21H,3-4,8H2,(H2,18,22)(H,19,20). The highest BCUT2D eigenvalue weighted by Gasteiger charge is 2.07. The molecule has 0 aliphatic rings. The summed E-state index contributed by atoms with van der Waals surface area (Å²) < 4.78 is 0. The Morgan fingerprint density at radius 1 is 1.27 bits per heavy atom. The number of para-hydroxylation sites is 1. The van der Waals surface area contributed by atoms with Gasteiger partial charge in [0.2, 0.25) is 0 Å². The van der Waals surface area contributed by atoms with Gasteiger partial charge in [-0.15, -0.1) is 0 Å². The zero-order chi connectivity index (χ0) is 15.4. The molecule has 0 unspecified atom stereocenters. The monoisotopic (exact) mass is 294 g/mol. The molecule has 3 aromatic rings. The van der Waals surface area contributed by atoms with Gasteiger partial charge in [0.15, 0.2) is 0 Å². The molecule has 1 amide bonds. The van der Waals surface area contributed by atoms with Crippen LogP contribution in [0.4, 0.5) is 5.69 Å². The molecule has 2 aromatic heterocycles. The Morgan fingerprint density at radius 2 is 2.14 bits per heavy atom. The fourth-order valence-electron chi connectivity index (χ4n) is 2.59. The van der Waals surface area contributed by atoms with Crippen molar-refractivity contribution in [2.24, 2.45) is 5.73 Å². The zero-order valence-corrected chi connectivity index (χ0v) is 12.2. The number of aryl methyl sites for hydroxylation is 1. The number of nitrogens with one attached hydrogen (secondary N) is 2. The molecule has 3 rings (SSSR count). The van der Waals surface area contributed by atoms with Crippen molar-refractivity contribution in [3.05, 3.63) is 60.0 Å². The highest BCUT2D eigenvalue weighted by atomic mass is 16.1. The van der Waals surface area contributed by atoms with Crippen LogP contribution in [0.5, 0.6) is 0 Å². The van der Waals surface area contributed by atoms with Gasteiger partial charge < -0.3 is 16.0 Å². The predicted octanol–water partition coefficient (Wildman–Crippen LogP) is 2.71. The molecule has 0 spiro atoms. The van der Waals surface area contributed by atoms with Crippen molar-refractivity contribution in [2.45, 2.75) is 12.8 Å². The maximum atomic E-state index is 11.3. The Bertz CT molecular complexity index is 794. The van der Waals surface area contributed by atoms with E-state index in [0.717, 1.165) is 30.6 Å². The number of fused-ring (bicyclic) bond motifs is 1. The third kappa shape index (κ3) is 2.93. The molecule has 5 nitrogen and oxygen atoms in total. The second kappa shape index (κ2) is 6.30. The number of primary amides is 1. The highest BCUT2D eigenvalue weighted by Crippen LogP contribution is 2.19. The van der Waals surface area contributed by atoms with Gasteiger partial charge in [0, 0.05) is 36.0 Å². The third-order valence-corrected chi connectivity index (χ3v) is 3.70. The average molecular weight is 294 g/mol. The lowest BCUT2D eigenvalue weighted by Gasteiger charge is -2.09. The van der Waals surface area contributed by atoms with Gasteiger partial charge in [0.05, 0.1) is 11.3 Å². The quantitative estimate of drug-likeness (QED) is 0.611. The fraction of sp³-hybridized carbons (Fsp3) is 0.176. The number of carbonyl (C=O) groups is 1. The largest absolute Gasteiger partial charge is 0.384 e. The molecular weight excluding hydrogens is 276 g/mol. The number of nitrogens with zero attached hydrogens (tertiary/aromatic N) is 1. The Labute approximate surface area is 128 Å². The second-order valence-electron chi connectivity index (χ2n) is 5.18. The first-order valence-corrected chi connectivity index (χ1v) is 7.28. The average Bonchev–Trinajstić information content (AvgIpc) is 2.95. The second-order valence-corrected chi connectivity index (χ2v) is 5.18. The highest BCUT2D eigenvalue weighted by molar-refractivity contribution is 5.98. The molecule has 2 heterocycles. The number of nitrogens with two attached hydrogens (primary N) is 1. The van der Waals surface area contributed by atoms with Crippen molar-refractivity contribution < 1.29 is 4.79 Å². The summed E-state index contributed by atoms with van der Waals surface area (Å²) in [5.41, 5.74) is 8.97. The van der Waals surface area contributed by atoms with Crippen LogP contribution >= 0.6 is 0 Å². The molecule has 0 radical (unpaired) electrons. The van der Waals surface area contributed by atoms with Crippen molar-refractivity contribution in [2.75, 3.05) is 11.9 Å². The molecule has 0 atom stereocenters. The maximum Gasteiger partial charge on any atom is 0.252 e. The molecular formula is C17H18N4O. The summed E-state index contributed by atoms with van der Waals surface area (Å²) in [6.45, 7) is 0.768. The number of rotatable bonds is 6. The number of aromatic amines is 1. The molecule has 0 bridgehead atoms. The van der Waals surface area contributed by atoms with Crippen LogP contribution < -0.4 is 11.1 Å². The molecule has 5 heteroatoms. The van der Waals surface area contributed by atoms with Crippen LogP contribution in [0, 0.1) is 0 Å². The van der Waals surface area contributed by atoms with Crippen molar-refractivity contribution in [3.8, 4) is 0 Å². The summed E-state index contributed by atoms with van der Waals surface area (Å²) in [6.07, 6.45) is 7.13. The van der Waals surface area contributed by atoms with E-state index in [1.165, 1.54) is 17.1 Å². The van der Waals surface area contributed by atoms with E-state index in [-0.39, 0.29) is 0 Å². The summed E-state index contributed by atoms with van der Waals surface area (Å²) in [7, 11) is 0. The number of anilines is 1. The number of hydrogen-bond donors (Lipinski definition) is 3. The molecule has 0 fully saturated rings. The Morgan fingerprint density at radius 3 is 3.00 bits per heavy atom. The normalized spacial score (nSPS) is 10.7. The topological polar surface area (TPSA) is 83.8 Å². The minimum Gasteiger partial charge on any atom is -0.384 e. The summed E-state index contributed by atoms with van der Waals surface area (Å²) in [5.74, 6) is -0.466. The van der Waals surface area contributed by atoms with E-state index in [1.807, 2.05) is 12.1 Å². The first-order chi connectivity index (χ1) is 10.8. The van der Waals surface area contributed by atoms with Crippen LogP contribution in [0.15, 0.2) is 48.9 Å². The number of benzene rings is 1. The number of aromatic nitrogens is 2. The van der Waals surface area contributed by atoms with E-state index in [2.05, 4.69) is 33.6 Å². The van der Waals surface area contributed by atoms with Crippen LogP contribution in [-0.2, 0) is 6.42 Å². The number of carbonyl (C=O) groups excluding carboxylic acids is 1. The Hall–Kier alpha value is -2.82. The van der Waals surface area contributed by atoms with Crippen LogP contribution in [0.3, 0.4) is 0 Å². The number of pyridine rings is 1. The minimum absolute atomic E-state index is 0.426. The summed E-state index contributed by atoms with van der Waals surface area (Å²) in [5, 5.41) is 4.52. The van der Waals surface area contributed by atoms with E-state index in [4.69, 9.17) is 5.73 Å². The van der Waals surface area contributed by atoms with Crippen LogP contribution in [0.1, 0.15) is 22.3 Å². The van der Waals surface area contributed by atoms with E-state index < -0.39 is 5.91 Å². The molecule has 0 aliphatic heterocycles. The first kappa shape index (κ1) is 14.1. The van der Waals surface area contributed by atoms with Crippen molar-refractivity contribution in [3.63, 3.8) is 0 Å². The van der Waals surface area contributed by atoms with Crippen LogP contribution in [0.2, 0.25) is 0 Å². The number of H-pyrrole nitrogens is 1. The molecule has 112 valence electrons. The summed E-state index contributed by atoms with van der Waals surface area (Å²) >= 11 is 0. The smallest absolute Gasteiger partial charge is 0.252 e. The number of amides is 1. The lowest BCUT2D eigenvalue weighted by Crippen LogP contribution is -2.15. The molecule has 0 saturated carbocycles. The lowest BCUT2D eigenvalue weighted by molar-refractivity contribution is 0.100. The Kier molecular flexibility index (Phi) is 4.05. The molecule has 1 aromatic carbocycles. The summed E-state index contributed by atoms with van der Waals surface area (Å²) in [4.78, 5) is 18.5. The van der Waals surface area contributed by atoms with E-state index in [9.17, 15) is 4.79 Å². The minimum atomic E-state index is -0.466. The molecule has 22 heavy (non-hydrogen) atoms. The van der Waals surface area contributed by atoms with E-state index in [1.54, 1.807) is 12.3 Å². The van der Waals surface area contributed by atoms with Crippen LogP contribution in [0.25, 0.3) is 10.9 Å². The van der Waals surface area contributed by atoms with Gasteiger partial charge in [-0.2, -0.15) is 0 Å². The van der Waals surface area contributed by atoms with Gasteiger partial charge in [0.1, 0.15) is 0 Å². The Balaban J connectivity index is 1.59. The van der Waals surface area contributed by atoms with Crippen LogP contribution in [-0.4, -0.2) is 22.4 Å². The fourth-order valence-corrected chi connectivity index (χ4v) is 2.59. The van der Waals surface area contributed by atoms with Gasteiger partial charge in [-0.1, -0.05) is 18.2 Å². The first-order valence-electron chi connectivity index (χ1n) is 7.28. The van der Waals surface area contributed by atoms with Crippen molar-refractivity contribution >= 4 is 22.5 Å². The van der Waals surface area contributed by atoms with Gasteiger partial charge in [-0.25, -0.2) is 0 Å². The molecule has 0 aliphatic carbocycles. The SMILES string of the molecule is NC(=O)c1cnccc1NCCCc1c[nH]c2ccccc12. The van der Waals surface area contributed by atoms with Gasteiger partial charge in [0.25, 0.3) is 5.91 Å².